The Bertz CT molecular complexity index is 648. The van der Waals surface area contributed by atoms with E-state index in [9.17, 15) is 5.11 Å². The lowest BCUT2D eigenvalue weighted by atomic mass is 10.1. The minimum atomic E-state index is -0.970. The normalized spacial score (nSPS) is 27.9. The highest BCUT2D eigenvalue weighted by Gasteiger charge is 2.46. The molecule has 2 aliphatic rings. The first kappa shape index (κ1) is 13.6. The minimum Gasteiger partial charge on any atom is -0.358 e. The van der Waals surface area contributed by atoms with E-state index in [4.69, 9.17) is 0 Å². The lowest BCUT2D eigenvalue weighted by molar-refractivity contribution is 0.132. The van der Waals surface area contributed by atoms with Gasteiger partial charge in [-0.05, 0) is 11.6 Å². The van der Waals surface area contributed by atoms with Crippen molar-refractivity contribution in [3.63, 3.8) is 0 Å². The highest BCUT2D eigenvalue weighted by Crippen LogP contribution is 2.51. The summed E-state index contributed by atoms with van der Waals surface area (Å²) in [5.74, 6) is 2.04. The van der Waals surface area contributed by atoms with E-state index in [0.717, 1.165) is 23.5 Å². The van der Waals surface area contributed by atoms with Crippen LogP contribution in [-0.2, 0) is 11.5 Å². The number of anilines is 1. The maximum absolute atomic E-state index is 11.5. The fourth-order valence-electron chi connectivity index (χ4n) is 3.16. The molecule has 21 heavy (non-hydrogen) atoms. The molecule has 0 aromatic heterocycles. The zero-order valence-electron chi connectivity index (χ0n) is 11.6. The molecule has 4 heteroatoms. The van der Waals surface area contributed by atoms with Crippen LogP contribution in [0.4, 0.5) is 5.69 Å². The predicted molar refractivity (Wildman–Crippen MR) is 91.7 cm³/mol. The molecule has 2 aromatic rings. The van der Waals surface area contributed by atoms with Crippen LogP contribution in [0.5, 0.6) is 0 Å². The highest BCUT2D eigenvalue weighted by molar-refractivity contribution is 8.04. The molecule has 1 saturated heterocycles. The molecule has 1 N–H and O–H groups in total. The Labute approximate surface area is 133 Å². The third kappa shape index (κ3) is 2.17. The van der Waals surface area contributed by atoms with Crippen LogP contribution in [0.2, 0.25) is 0 Å². The van der Waals surface area contributed by atoms with E-state index in [2.05, 4.69) is 29.2 Å². The standard InChI is InChI=1S/C17H17NOS2/c19-17(14-7-2-1-3-8-14)18-15-9-5-4-6-13(15)12-16(18)20-10-11-21-17/h1-9,16,19H,10-12H2/t16-,17+/m0/s1. The first-order chi connectivity index (χ1) is 10.3. The van der Waals surface area contributed by atoms with Crippen molar-refractivity contribution in [2.75, 3.05) is 16.4 Å². The second kappa shape index (κ2) is 5.27. The number of thioether (sulfide) groups is 2. The topological polar surface area (TPSA) is 23.5 Å². The molecule has 2 aliphatic heterocycles. The molecule has 2 atom stereocenters. The van der Waals surface area contributed by atoms with Gasteiger partial charge >= 0.3 is 0 Å². The largest absolute Gasteiger partial charge is 0.358 e. The van der Waals surface area contributed by atoms with Crippen LogP contribution in [0.3, 0.4) is 0 Å². The van der Waals surface area contributed by atoms with Crippen LogP contribution in [-0.4, -0.2) is 22.0 Å². The third-order valence-electron chi connectivity index (χ3n) is 4.11. The molecule has 0 radical (unpaired) electrons. The Hall–Kier alpha value is -1.10. The highest BCUT2D eigenvalue weighted by atomic mass is 32.2. The molecule has 108 valence electrons. The van der Waals surface area contributed by atoms with Gasteiger partial charge in [-0.15, -0.1) is 11.8 Å². The van der Waals surface area contributed by atoms with Gasteiger partial charge in [0.2, 0.25) is 5.06 Å². The van der Waals surface area contributed by atoms with Crippen LogP contribution in [0, 0.1) is 0 Å². The number of benzene rings is 2. The number of fused-ring (bicyclic) bond motifs is 3. The van der Waals surface area contributed by atoms with Crippen molar-refractivity contribution in [3.05, 3.63) is 65.7 Å². The summed E-state index contributed by atoms with van der Waals surface area (Å²) in [6, 6.07) is 18.5. The lowest BCUT2D eigenvalue weighted by Crippen LogP contribution is -2.46. The van der Waals surface area contributed by atoms with Crippen molar-refractivity contribution in [1.29, 1.82) is 0 Å². The monoisotopic (exact) mass is 315 g/mol. The SMILES string of the molecule is O[C@]1(c2ccccc2)SCCS[C@H]2Cc3ccccc3N21. The summed E-state index contributed by atoms with van der Waals surface area (Å²) >= 11 is 3.59. The Morgan fingerprint density at radius 1 is 1.00 bits per heavy atom. The molecule has 4 rings (SSSR count). The fraction of sp³-hybridized carbons (Fsp3) is 0.294. The van der Waals surface area contributed by atoms with Crippen LogP contribution in [0.25, 0.3) is 0 Å². The fourth-order valence-corrected chi connectivity index (χ4v) is 5.88. The summed E-state index contributed by atoms with van der Waals surface area (Å²) in [6.07, 6.45) is 1.01. The summed E-state index contributed by atoms with van der Waals surface area (Å²) in [5, 5.41) is 10.9. The maximum atomic E-state index is 11.5. The number of para-hydroxylation sites is 1. The van der Waals surface area contributed by atoms with Gasteiger partial charge in [0.1, 0.15) is 0 Å². The first-order valence-corrected chi connectivity index (χ1v) is 9.23. The summed E-state index contributed by atoms with van der Waals surface area (Å²) in [5.41, 5.74) is 3.49. The van der Waals surface area contributed by atoms with E-state index in [1.807, 2.05) is 42.1 Å². The van der Waals surface area contributed by atoms with Crippen molar-refractivity contribution in [2.45, 2.75) is 16.9 Å². The Kier molecular flexibility index (Phi) is 3.40. The van der Waals surface area contributed by atoms with Crippen molar-refractivity contribution >= 4 is 29.2 Å². The number of nitrogens with zero attached hydrogens (tertiary/aromatic N) is 1. The molecule has 0 bridgehead atoms. The van der Waals surface area contributed by atoms with Gasteiger partial charge in [-0.1, -0.05) is 60.3 Å². The smallest absolute Gasteiger partial charge is 0.215 e. The average Bonchev–Trinajstić information content (AvgIpc) is 2.82. The van der Waals surface area contributed by atoms with Gasteiger partial charge in [0.15, 0.2) is 0 Å². The number of rotatable bonds is 1. The van der Waals surface area contributed by atoms with Crippen LogP contribution < -0.4 is 4.90 Å². The Morgan fingerprint density at radius 3 is 2.62 bits per heavy atom. The molecule has 0 spiro atoms. The molecular weight excluding hydrogens is 298 g/mol. The van der Waals surface area contributed by atoms with E-state index < -0.39 is 5.06 Å². The molecule has 1 fully saturated rings. The summed E-state index contributed by atoms with van der Waals surface area (Å²) in [6.45, 7) is 0. The number of aliphatic hydroxyl groups is 1. The predicted octanol–water partition coefficient (Wildman–Crippen LogP) is 3.66. The number of hydrogen-bond acceptors (Lipinski definition) is 4. The average molecular weight is 315 g/mol. The Morgan fingerprint density at radius 2 is 1.76 bits per heavy atom. The molecule has 2 nitrogen and oxygen atoms in total. The van der Waals surface area contributed by atoms with Gasteiger partial charge < -0.3 is 10.0 Å². The molecule has 0 saturated carbocycles. The second-order valence-corrected chi connectivity index (χ2v) is 7.90. The van der Waals surface area contributed by atoms with Gasteiger partial charge in [-0.2, -0.15) is 0 Å². The van der Waals surface area contributed by atoms with Crippen molar-refractivity contribution in [3.8, 4) is 0 Å². The van der Waals surface area contributed by atoms with E-state index in [1.165, 1.54) is 11.3 Å². The summed E-state index contributed by atoms with van der Waals surface area (Å²) in [4.78, 5) is 2.22. The van der Waals surface area contributed by atoms with E-state index in [1.54, 1.807) is 11.8 Å². The quantitative estimate of drug-likeness (QED) is 0.867. The van der Waals surface area contributed by atoms with Crippen LogP contribution >= 0.6 is 23.5 Å². The molecular formula is C17H17NOS2. The van der Waals surface area contributed by atoms with Gasteiger partial charge in [0, 0.05) is 29.2 Å². The third-order valence-corrected chi connectivity index (χ3v) is 6.81. The van der Waals surface area contributed by atoms with Crippen molar-refractivity contribution < 1.29 is 5.11 Å². The van der Waals surface area contributed by atoms with Crippen molar-refractivity contribution in [1.82, 2.24) is 0 Å². The lowest BCUT2D eigenvalue weighted by Gasteiger charge is -2.40. The second-order valence-electron chi connectivity index (χ2n) is 5.35. The van der Waals surface area contributed by atoms with E-state index in [0.29, 0.717) is 5.37 Å². The zero-order valence-corrected chi connectivity index (χ0v) is 13.2. The molecule has 2 heterocycles. The first-order valence-electron chi connectivity index (χ1n) is 7.20. The molecule has 0 amide bonds. The van der Waals surface area contributed by atoms with Crippen LogP contribution in [0.1, 0.15) is 11.1 Å². The van der Waals surface area contributed by atoms with Gasteiger partial charge in [-0.3, -0.25) is 0 Å². The molecule has 2 aromatic carbocycles. The summed E-state index contributed by atoms with van der Waals surface area (Å²) in [7, 11) is 0. The van der Waals surface area contributed by atoms with Gasteiger partial charge in [0.25, 0.3) is 0 Å². The van der Waals surface area contributed by atoms with Crippen LogP contribution in [0.15, 0.2) is 54.6 Å². The maximum Gasteiger partial charge on any atom is 0.215 e. The Balaban J connectivity index is 1.86. The number of hydrogen-bond donors (Lipinski definition) is 1. The summed E-state index contributed by atoms with van der Waals surface area (Å²) < 4.78 is 0. The molecule has 0 aliphatic carbocycles. The van der Waals surface area contributed by atoms with E-state index in [-0.39, 0.29) is 0 Å². The van der Waals surface area contributed by atoms with Gasteiger partial charge in [-0.25, -0.2) is 0 Å². The van der Waals surface area contributed by atoms with Crippen molar-refractivity contribution in [2.24, 2.45) is 0 Å². The molecule has 0 unspecified atom stereocenters. The van der Waals surface area contributed by atoms with Gasteiger partial charge in [0.05, 0.1) is 5.37 Å². The zero-order chi connectivity index (χ0) is 14.3. The minimum absolute atomic E-state index is 0.322. The van der Waals surface area contributed by atoms with E-state index >= 15 is 0 Å².